The third-order valence-corrected chi connectivity index (χ3v) is 7.11. The van der Waals surface area contributed by atoms with Crippen LogP contribution >= 0.6 is 0 Å². The zero-order valence-corrected chi connectivity index (χ0v) is 12.7. The van der Waals surface area contributed by atoms with E-state index >= 15 is 0 Å². The summed E-state index contributed by atoms with van der Waals surface area (Å²) in [6.45, 7) is 4.77. The normalized spacial score (nSPS) is 53.0. The first-order chi connectivity index (χ1) is 9.56. The number of fused-ring (bicyclic) bond motifs is 5. The maximum Gasteiger partial charge on any atom is 0.0596 e. The molecule has 0 aromatic carbocycles. The van der Waals surface area contributed by atoms with Gasteiger partial charge in [-0.05, 0) is 60.8 Å². The van der Waals surface area contributed by atoms with E-state index < -0.39 is 0 Å². The molecule has 1 heteroatoms. The zero-order chi connectivity index (χ0) is 14.0. The molecule has 4 rings (SSSR count). The maximum absolute atomic E-state index is 10.4. The van der Waals surface area contributed by atoms with E-state index in [1.807, 2.05) is 0 Å². The van der Waals surface area contributed by atoms with E-state index in [0.29, 0.717) is 11.8 Å². The molecule has 2 fully saturated rings. The van der Waals surface area contributed by atoms with Crippen molar-refractivity contribution in [3.8, 4) is 0 Å². The summed E-state index contributed by atoms with van der Waals surface area (Å²) in [5, 5.41) is 10.4. The van der Waals surface area contributed by atoms with Crippen molar-refractivity contribution in [3.05, 3.63) is 36.0 Å². The SMILES string of the molecule is C[C@]12CC[C@H]3[C@@H](C=CC4=CCC=C[C@@]43C)[C@@H]1CC[C@@H]2O. The van der Waals surface area contributed by atoms with Crippen LogP contribution in [0.4, 0.5) is 0 Å². The van der Waals surface area contributed by atoms with Crippen molar-refractivity contribution in [1.82, 2.24) is 0 Å². The van der Waals surface area contributed by atoms with E-state index in [2.05, 4.69) is 44.2 Å². The predicted molar refractivity (Wildman–Crippen MR) is 82.1 cm³/mol. The van der Waals surface area contributed by atoms with Crippen molar-refractivity contribution in [2.45, 2.75) is 52.1 Å². The molecule has 0 spiro atoms. The Bertz CT molecular complexity index is 514. The summed E-state index contributed by atoms with van der Waals surface area (Å²) in [6.07, 6.45) is 17.8. The highest BCUT2D eigenvalue weighted by Crippen LogP contribution is 2.62. The molecular formula is C19H26O. The van der Waals surface area contributed by atoms with Crippen LogP contribution in [0.3, 0.4) is 0 Å². The van der Waals surface area contributed by atoms with Gasteiger partial charge in [0.2, 0.25) is 0 Å². The van der Waals surface area contributed by atoms with Gasteiger partial charge in [0.05, 0.1) is 6.10 Å². The van der Waals surface area contributed by atoms with Gasteiger partial charge in [-0.25, -0.2) is 0 Å². The first-order valence-corrected chi connectivity index (χ1v) is 8.30. The Morgan fingerprint density at radius 2 is 2.00 bits per heavy atom. The highest BCUT2D eigenvalue weighted by atomic mass is 16.3. The quantitative estimate of drug-likeness (QED) is 0.652. The van der Waals surface area contributed by atoms with Gasteiger partial charge in [0.1, 0.15) is 0 Å². The van der Waals surface area contributed by atoms with Gasteiger partial charge in [-0.15, -0.1) is 0 Å². The molecule has 0 unspecified atom stereocenters. The number of hydrogen-bond donors (Lipinski definition) is 1. The van der Waals surface area contributed by atoms with E-state index in [1.165, 1.54) is 24.8 Å². The third-order valence-electron chi connectivity index (χ3n) is 7.11. The van der Waals surface area contributed by atoms with Crippen molar-refractivity contribution >= 4 is 0 Å². The van der Waals surface area contributed by atoms with Crippen molar-refractivity contribution in [1.29, 1.82) is 0 Å². The second-order valence-electron chi connectivity index (χ2n) is 7.87. The van der Waals surface area contributed by atoms with Crippen LogP contribution in [0.2, 0.25) is 0 Å². The number of aliphatic hydroxyl groups excluding tert-OH is 1. The van der Waals surface area contributed by atoms with Crippen LogP contribution in [0.1, 0.15) is 46.0 Å². The van der Waals surface area contributed by atoms with Gasteiger partial charge in [-0.3, -0.25) is 0 Å². The minimum absolute atomic E-state index is 0.0755. The van der Waals surface area contributed by atoms with Crippen LogP contribution < -0.4 is 0 Å². The van der Waals surface area contributed by atoms with E-state index in [-0.39, 0.29) is 16.9 Å². The van der Waals surface area contributed by atoms with Crippen molar-refractivity contribution < 1.29 is 5.11 Å². The Balaban J connectivity index is 1.76. The van der Waals surface area contributed by atoms with Gasteiger partial charge < -0.3 is 5.11 Å². The molecular weight excluding hydrogens is 244 g/mol. The van der Waals surface area contributed by atoms with Crippen molar-refractivity contribution in [2.24, 2.45) is 28.6 Å². The molecule has 0 aliphatic heterocycles. The molecule has 1 nitrogen and oxygen atoms in total. The summed E-state index contributed by atoms with van der Waals surface area (Å²) >= 11 is 0. The topological polar surface area (TPSA) is 20.2 Å². The average Bonchev–Trinajstić information content (AvgIpc) is 2.74. The molecule has 1 N–H and O–H groups in total. The Labute approximate surface area is 122 Å². The number of allylic oxidation sites excluding steroid dienone is 6. The molecule has 0 amide bonds. The molecule has 108 valence electrons. The van der Waals surface area contributed by atoms with E-state index in [1.54, 1.807) is 0 Å². The lowest BCUT2D eigenvalue weighted by Crippen LogP contribution is -2.48. The molecule has 0 aromatic rings. The largest absolute Gasteiger partial charge is 0.393 e. The smallest absolute Gasteiger partial charge is 0.0596 e. The molecule has 0 saturated heterocycles. The maximum atomic E-state index is 10.4. The van der Waals surface area contributed by atoms with Gasteiger partial charge in [0.25, 0.3) is 0 Å². The fourth-order valence-corrected chi connectivity index (χ4v) is 5.76. The molecule has 0 radical (unpaired) electrons. The predicted octanol–water partition coefficient (Wildman–Crippen LogP) is 4.25. The second-order valence-corrected chi connectivity index (χ2v) is 7.87. The fraction of sp³-hybridized carbons (Fsp3) is 0.684. The van der Waals surface area contributed by atoms with Crippen LogP contribution in [-0.4, -0.2) is 11.2 Å². The Morgan fingerprint density at radius 1 is 1.15 bits per heavy atom. The van der Waals surface area contributed by atoms with Crippen LogP contribution in [0.15, 0.2) is 36.0 Å². The van der Waals surface area contributed by atoms with Crippen LogP contribution in [0, 0.1) is 28.6 Å². The monoisotopic (exact) mass is 270 g/mol. The zero-order valence-electron chi connectivity index (χ0n) is 12.7. The third kappa shape index (κ3) is 1.48. The lowest BCUT2D eigenvalue weighted by molar-refractivity contribution is -0.0376. The van der Waals surface area contributed by atoms with E-state index in [9.17, 15) is 5.11 Å². The highest BCUT2D eigenvalue weighted by Gasteiger charge is 2.56. The molecule has 0 heterocycles. The molecule has 6 atom stereocenters. The van der Waals surface area contributed by atoms with Crippen LogP contribution in [0.25, 0.3) is 0 Å². The average molecular weight is 270 g/mol. The molecule has 2 saturated carbocycles. The number of rotatable bonds is 0. The molecule has 0 aromatic heterocycles. The first kappa shape index (κ1) is 12.9. The summed E-state index contributed by atoms with van der Waals surface area (Å²) in [7, 11) is 0. The Morgan fingerprint density at radius 3 is 2.85 bits per heavy atom. The lowest BCUT2D eigenvalue weighted by Gasteiger charge is -2.54. The highest BCUT2D eigenvalue weighted by molar-refractivity contribution is 5.40. The molecule has 4 aliphatic carbocycles. The standard InChI is InChI=1S/C19H26O/c1-18-11-4-3-5-13(18)6-7-14-15-8-9-17(20)19(15,2)12-10-16(14)18/h4-7,11,14-17,20H,3,8-10,12H2,1-2H3/t14-,15-,16-,17-,18-,19-/m0/s1. The number of hydrogen-bond acceptors (Lipinski definition) is 1. The minimum Gasteiger partial charge on any atom is -0.393 e. The Hall–Kier alpha value is -0.820. The summed E-state index contributed by atoms with van der Waals surface area (Å²) in [5.41, 5.74) is 1.94. The summed E-state index contributed by atoms with van der Waals surface area (Å²) in [5.74, 6) is 2.08. The van der Waals surface area contributed by atoms with E-state index in [0.717, 1.165) is 18.8 Å². The molecule has 4 aliphatic rings. The van der Waals surface area contributed by atoms with Crippen LogP contribution in [0.5, 0.6) is 0 Å². The summed E-state index contributed by atoms with van der Waals surface area (Å²) in [6, 6.07) is 0. The minimum atomic E-state index is -0.0755. The summed E-state index contributed by atoms with van der Waals surface area (Å²) < 4.78 is 0. The molecule has 20 heavy (non-hydrogen) atoms. The van der Waals surface area contributed by atoms with Gasteiger partial charge in [0.15, 0.2) is 0 Å². The van der Waals surface area contributed by atoms with Gasteiger partial charge in [-0.2, -0.15) is 0 Å². The molecule has 0 bridgehead atoms. The number of aliphatic hydroxyl groups is 1. The van der Waals surface area contributed by atoms with Crippen molar-refractivity contribution in [3.63, 3.8) is 0 Å². The summed E-state index contributed by atoms with van der Waals surface area (Å²) in [4.78, 5) is 0. The van der Waals surface area contributed by atoms with Gasteiger partial charge in [-0.1, -0.05) is 44.2 Å². The van der Waals surface area contributed by atoms with Gasteiger partial charge >= 0.3 is 0 Å². The second kappa shape index (κ2) is 4.10. The van der Waals surface area contributed by atoms with Crippen LogP contribution in [-0.2, 0) is 0 Å². The fourth-order valence-electron chi connectivity index (χ4n) is 5.76. The Kier molecular flexibility index (Phi) is 2.64. The van der Waals surface area contributed by atoms with Crippen molar-refractivity contribution in [2.75, 3.05) is 0 Å². The lowest BCUT2D eigenvalue weighted by atomic mass is 9.50. The van der Waals surface area contributed by atoms with E-state index in [4.69, 9.17) is 0 Å². The first-order valence-electron chi connectivity index (χ1n) is 8.30. The van der Waals surface area contributed by atoms with Gasteiger partial charge in [0, 0.05) is 5.41 Å².